The zero-order valence-electron chi connectivity index (χ0n) is 8.65. The van der Waals surface area contributed by atoms with Gasteiger partial charge < -0.3 is 4.18 Å². The van der Waals surface area contributed by atoms with Gasteiger partial charge in [-0.2, -0.15) is 0 Å². The highest BCUT2D eigenvalue weighted by Crippen LogP contribution is 2.40. The molecule has 0 saturated heterocycles. The van der Waals surface area contributed by atoms with Crippen molar-refractivity contribution in [3.63, 3.8) is 0 Å². The molecule has 1 heterocycles. The third-order valence-corrected chi connectivity index (χ3v) is 3.22. The number of pyridine rings is 1. The fraction of sp³-hybridized carbons (Fsp3) is 0.545. The van der Waals surface area contributed by atoms with E-state index in [9.17, 15) is 4.39 Å². The van der Waals surface area contributed by atoms with Crippen molar-refractivity contribution in [2.45, 2.75) is 25.4 Å². The van der Waals surface area contributed by atoms with Gasteiger partial charge in [0.05, 0.1) is 11.9 Å². The largest absolute Gasteiger partial charge is 0.306 e. The summed E-state index contributed by atoms with van der Waals surface area (Å²) in [5.74, 6) is 0.255. The molecule has 1 aliphatic carbocycles. The number of aromatic nitrogens is 1. The predicted octanol–water partition coefficient (Wildman–Crippen LogP) is 3.36. The average Bonchev–Trinajstić information content (AvgIpc) is 2.16. The smallest absolute Gasteiger partial charge is 0.141 e. The highest BCUT2D eigenvalue weighted by Gasteiger charge is 2.30. The molecule has 0 aliphatic heterocycles. The van der Waals surface area contributed by atoms with Crippen molar-refractivity contribution in [1.82, 2.24) is 4.98 Å². The van der Waals surface area contributed by atoms with Gasteiger partial charge in [-0.3, -0.25) is 4.98 Å². The predicted molar refractivity (Wildman–Crippen MR) is 58.9 cm³/mol. The van der Waals surface area contributed by atoms with Gasteiger partial charge in [-0.1, -0.05) is 6.42 Å². The van der Waals surface area contributed by atoms with E-state index < -0.39 is 0 Å². The summed E-state index contributed by atoms with van der Waals surface area (Å²) in [7, 11) is 0. The highest BCUT2D eigenvalue weighted by molar-refractivity contribution is 7.93. The monoisotopic (exact) mass is 227 g/mol. The van der Waals surface area contributed by atoms with Crippen LogP contribution in [0.15, 0.2) is 18.3 Å². The second-order valence-corrected chi connectivity index (χ2v) is 4.30. The standard InChI is InChI=1S/C11H14FNOS/c1-15-14-11(8-3-2-4-8)10-6-5-9(12)7-13-10/h5-8,11H,2-4H2,1H3. The van der Waals surface area contributed by atoms with E-state index in [2.05, 4.69) is 4.98 Å². The topological polar surface area (TPSA) is 22.1 Å². The molecule has 82 valence electrons. The minimum absolute atomic E-state index is 0.0225. The van der Waals surface area contributed by atoms with E-state index in [1.54, 1.807) is 6.07 Å². The molecule has 0 amide bonds. The Kier molecular flexibility index (Phi) is 3.59. The minimum atomic E-state index is -0.296. The number of rotatable bonds is 4. The van der Waals surface area contributed by atoms with Crippen LogP contribution in [0.5, 0.6) is 0 Å². The molecule has 1 fully saturated rings. The maximum atomic E-state index is 12.7. The molecule has 0 radical (unpaired) electrons. The molecule has 1 saturated carbocycles. The van der Waals surface area contributed by atoms with Crippen LogP contribution in [-0.4, -0.2) is 11.2 Å². The number of hydrogen-bond acceptors (Lipinski definition) is 3. The van der Waals surface area contributed by atoms with E-state index in [4.69, 9.17) is 4.18 Å². The van der Waals surface area contributed by atoms with Crippen molar-refractivity contribution >= 4 is 12.0 Å². The van der Waals surface area contributed by atoms with Crippen molar-refractivity contribution in [2.24, 2.45) is 5.92 Å². The second-order valence-electron chi connectivity index (χ2n) is 3.78. The molecule has 0 spiro atoms. The van der Waals surface area contributed by atoms with Crippen molar-refractivity contribution in [1.29, 1.82) is 0 Å². The maximum Gasteiger partial charge on any atom is 0.141 e. The Morgan fingerprint density at radius 3 is 2.80 bits per heavy atom. The summed E-state index contributed by atoms with van der Waals surface area (Å²) in [5.41, 5.74) is 0.843. The molecule has 1 aromatic heterocycles. The summed E-state index contributed by atoms with van der Waals surface area (Å²) in [6, 6.07) is 3.16. The van der Waals surface area contributed by atoms with Crippen molar-refractivity contribution in [3.05, 3.63) is 29.8 Å². The van der Waals surface area contributed by atoms with Gasteiger partial charge in [0.2, 0.25) is 0 Å². The van der Waals surface area contributed by atoms with Crippen LogP contribution in [0.1, 0.15) is 31.1 Å². The lowest BCUT2D eigenvalue weighted by atomic mass is 9.80. The van der Waals surface area contributed by atoms with Crippen LogP contribution in [0.25, 0.3) is 0 Å². The molecular weight excluding hydrogens is 213 g/mol. The van der Waals surface area contributed by atoms with Crippen molar-refractivity contribution in [3.8, 4) is 0 Å². The summed E-state index contributed by atoms with van der Waals surface area (Å²) >= 11 is 1.35. The van der Waals surface area contributed by atoms with Gasteiger partial charge in [0.1, 0.15) is 11.9 Å². The van der Waals surface area contributed by atoms with E-state index >= 15 is 0 Å². The molecule has 1 aromatic rings. The first kappa shape index (κ1) is 10.9. The summed E-state index contributed by atoms with van der Waals surface area (Å²) < 4.78 is 18.3. The normalized spacial score (nSPS) is 18.5. The third kappa shape index (κ3) is 2.49. The van der Waals surface area contributed by atoms with Gasteiger partial charge in [-0.15, -0.1) is 0 Å². The van der Waals surface area contributed by atoms with E-state index in [-0.39, 0.29) is 11.9 Å². The fourth-order valence-electron chi connectivity index (χ4n) is 1.77. The average molecular weight is 227 g/mol. The van der Waals surface area contributed by atoms with Crippen molar-refractivity contribution in [2.75, 3.05) is 6.26 Å². The molecule has 2 nitrogen and oxygen atoms in total. The Hall–Kier alpha value is -0.610. The van der Waals surface area contributed by atoms with Crippen LogP contribution in [0.3, 0.4) is 0 Å². The molecule has 0 bridgehead atoms. The lowest BCUT2D eigenvalue weighted by Gasteiger charge is -2.32. The molecule has 0 aromatic carbocycles. The maximum absolute atomic E-state index is 12.7. The molecule has 1 aliphatic rings. The summed E-state index contributed by atoms with van der Waals surface area (Å²) in [4.78, 5) is 4.09. The lowest BCUT2D eigenvalue weighted by molar-refractivity contribution is 0.101. The van der Waals surface area contributed by atoms with Crippen molar-refractivity contribution < 1.29 is 8.57 Å². The lowest BCUT2D eigenvalue weighted by Crippen LogP contribution is -2.21. The van der Waals surface area contributed by atoms with Crippen LogP contribution >= 0.6 is 12.0 Å². The molecular formula is C11H14FNOS. The number of hydrogen-bond donors (Lipinski definition) is 0. The molecule has 1 unspecified atom stereocenters. The third-order valence-electron chi connectivity index (χ3n) is 2.82. The van der Waals surface area contributed by atoms with E-state index in [0.29, 0.717) is 5.92 Å². The van der Waals surface area contributed by atoms with E-state index in [1.807, 2.05) is 6.26 Å². The second kappa shape index (κ2) is 4.94. The Bertz CT molecular complexity index is 313. The van der Waals surface area contributed by atoms with Gasteiger partial charge in [0.25, 0.3) is 0 Å². The Balaban J connectivity index is 2.12. The van der Waals surface area contributed by atoms with E-state index in [0.717, 1.165) is 5.69 Å². The first-order chi connectivity index (χ1) is 7.31. The van der Waals surface area contributed by atoms with Gasteiger partial charge >= 0.3 is 0 Å². The van der Waals surface area contributed by atoms with Crippen LogP contribution in [-0.2, 0) is 4.18 Å². The van der Waals surface area contributed by atoms with E-state index in [1.165, 1.54) is 43.6 Å². The van der Waals surface area contributed by atoms with Gasteiger partial charge in [0.15, 0.2) is 0 Å². The summed E-state index contributed by atoms with van der Waals surface area (Å²) in [6.07, 6.45) is 6.81. The Morgan fingerprint density at radius 1 is 1.53 bits per heavy atom. The summed E-state index contributed by atoms with van der Waals surface area (Å²) in [6.45, 7) is 0. The Labute approximate surface area is 93.4 Å². The fourth-order valence-corrected chi connectivity index (χ4v) is 2.23. The first-order valence-corrected chi connectivity index (χ1v) is 6.27. The molecule has 1 atom stereocenters. The van der Waals surface area contributed by atoms with Crippen LogP contribution < -0.4 is 0 Å². The van der Waals surface area contributed by atoms with Crippen LogP contribution in [0, 0.1) is 11.7 Å². The summed E-state index contributed by atoms with van der Waals surface area (Å²) in [5, 5.41) is 0. The van der Waals surface area contributed by atoms with Crippen LogP contribution in [0.4, 0.5) is 4.39 Å². The molecule has 2 rings (SSSR count). The Morgan fingerprint density at radius 2 is 2.33 bits per heavy atom. The number of halogens is 1. The van der Waals surface area contributed by atoms with Gasteiger partial charge in [-0.05, 0) is 42.9 Å². The quantitative estimate of drug-likeness (QED) is 0.736. The first-order valence-electron chi connectivity index (χ1n) is 5.12. The van der Waals surface area contributed by atoms with Crippen LogP contribution in [0.2, 0.25) is 0 Å². The molecule has 0 N–H and O–H groups in total. The molecule has 4 heteroatoms. The zero-order chi connectivity index (χ0) is 10.7. The SMILES string of the molecule is CSOC(c1ccc(F)cn1)C1CCC1. The van der Waals surface area contributed by atoms with Gasteiger partial charge in [-0.25, -0.2) is 4.39 Å². The minimum Gasteiger partial charge on any atom is -0.306 e. The highest BCUT2D eigenvalue weighted by atomic mass is 32.2. The van der Waals surface area contributed by atoms with Gasteiger partial charge in [0, 0.05) is 6.26 Å². The number of nitrogens with zero attached hydrogens (tertiary/aromatic N) is 1. The molecule has 15 heavy (non-hydrogen) atoms. The zero-order valence-corrected chi connectivity index (χ0v) is 9.47.